The molecule has 0 aliphatic carbocycles. The molecule has 0 amide bonds. The van der Waals surface area contributed by atoms with E-state index < -0.39 is 5.97 Å². The average molecular weight is 371 g/mol. The number of para-hydroxylation sites is 1. The van der Waals surface area contributed by atoms with Gasteiger partial charge in [0.2, 0.25) is 0 Å². The molecule has 0 spiro atoms. The third kappa shape index (κ3) is 2.92. The highest BCUT2D eigenvalue weighted by atomic mass is 79.9. The van der Waals surface area contributed by atoms with Crippen molar-refractivity contribution < 1.29 is 9.90 Å². The van der Waals surface area contributed by atoms with Crippen LogP contribution in [0, 0.1) is 0 Å². The molecule has 1 N–H and O–H groups in total. The second-order valence-electron chi connectivity index (χ2n) is 5.08. The van der Waals surface area contributed by atoms with Gasteiger partial charge in [-0.3, -0.25) is 0 Å². The third-order valence-corrected chi connectivity index (χ3v) is 4.18. The number of hydrogen-bond donors (Lipinski definition) is 1. The predicted molar refractivity (Wildman–Crippen MR) is 93.0 cm³/mol. The van der Waals surface area contributed by atoms with E-state index in [1.54, 1.807) is 4.68 Å². The van der Waals surface area contributed by atoms with E-state index in [1.165, 1.54) is 0 Å². The fourth-order valence-electron chi connectivity index (χ4n) is 2.60. The lowest BCUT2D eigenvalue weighted by molar-refractivity contribution is 0.0696. The van der Waals surface area contributed by atoms with Gasteiger partial charge < -0.3 is 5.11 Å². The summed E-state index contributed by atoms with van der Waals surface area (Å²) in [6.45, 7) is 1.94. The molecule has 0 radical (unpaired) electrons. The Hall–Kier alpha value is -2.40. The van der Waals surface area contributed by atoms with Crippen molar-refractivity contribution in [2.24, 2.45) is 0 Å². The highest BCUT2D eigenvalue weighted by Gasteiger charge is 2.24. The smallest absolute Gasteiger partial charge is 0.339 e. The van der Waals surface area contributed by atoms with Gasteiger partial charge in [0.05, 0.1) is 11.4 Å². The monoisotopic (exact) mass is 370 g/mol. The molecule has 116 valence electrons. The Bertz CT molecular complexity index is 839. The maximum atomic E-state index is 11.8. The highest BCUT2D eigenvalue weighted by molar-refractivity contribution is 9.10. The van der Waals surface area contributed by atoms with E-state index in [-0.39, 0.29) is 5.56 Å². The predicted octanol–water partition coefficient (Wildman–Crippen LogP) is 4.56. The summed E-state index contributed by atoms with van der Waals surface area (Å²) >= 11 is 3.39. The maximum absolute atomic E-state index is 11.8. The van der Waals surface area contributed by atoms with Crippen LogP contribution in [0.5, 0.6) is 0 Å². The molecular formula is C18H15BrN2O2. The lowest BCUT2D eigenvalue weighted by atomic mass is 10.0. The average Bonchev–Trinajstić information content (AvgIpc) is 2.96. The molecular weight excluding hydrogens is 356 g/mol. The van der Waals surface area contributed by atoms with Gasteiger partial charge in [-0.05, 0) is 30.7 Å². The highest BCUT2D eigenvalue weighted by Crippen LogP contribution is 2.29. The Balaban J connectivity index is 2.26. The summed E-state index contributed by atoms with van der Waals surface area (Å²) in [5.74, 6) is -0.957. The fourth-order valence-corrected chi connectivity index (χ4v) is 2.86. The van der Waals surface area contributed by atoms with Crippen molar-refractivity contribution in [1.29, 1.82) is 0 Å². The summed E-state index contributed by atoms with van der Waals surface area (Å²) in [5, 5.41) is 14.3. The number of carboxylic acid groups (broad SMARTS) is 1. The fraction of sp³-hybridized carbons (Fsp3) is 0.111. The molecule has 0 atom stereocenters. The zero-order chi connectivity index (χ0) is 16.4. The minimum Gasteiger partial charge on any atom is -0.478 e. The zero-order valence-electron chi connectivity index (χ0n) is 12.5. The molecule has 1 heterocycles. The molecule has 0 unspecified atom stereocenters. The van der Waals surface area contributed by atoms with E-state index >= 15 is 0 Å². The lowest BCUT2D eigenvalue weighted by Crippen LogP contribution is -2.05. The van der Waals surface area contributed by atoms with Gasteiger partial charge in [-0.2, -0.15) is 5.10 Å². The van der Waals surface area contributed by atoms with E-state index in [0.717, 1.165) is 15.7 Å². The van der Waals surface area contributed by atoms with E-state index in [1.807, 2.05) is 61.5 Å². The molecule has 3 aromatic rings. The van der Waals surface area contributed by atoms with Gasteiger partial charge in [-0.25, -0.2) is 9.48 Å². The number of halogens is 1. The van der Waals surface area contributed by atoms with Gasteiger partial charge >= 0.3 is 5.97 Å². The van der Waals surface area contributed by atoms with Crippen LogP contribution in [0.25, 0.3) is 16.9 Å². The summed E-state index contributed by atoms with van der Waals surface area (Å²) in [4.78, 5) is 11.8. The first-order chi connectivity index (χ1) is 11.1. The number of carbonyl (C=O) groups is 1. The number of aromatic nitrogens is 2. The van der Waals surface area contributed by atoms with Crippen molar-refractivity contribution in [2.75, 3.05) is 0 Å². The van der Waals surface area contributed by atoms with Gasteiger partial charge in [-0.15, -0.1) is 0 Å². The Kier molecular flexibility index (Phi) is 4.30. The van der Waals surface area contributed by atoms with Crippen molar-refractivity contribution in [3.05, 3.63) is 70.3 Å². The van der Waals surface area contributed by atoms with Crippen molar-refractivity contribution >= 4 is 21.9 Å². The third-order valence-electron chi connectivity index (χ3n) is 3.65. The number of hydrogen-bond acceptors (Lipinski definition) is 2. The van der Waals surface area contributed by atoms with Gasteiger partial charge in [0.25, 0.3) is 0 Å². The molecule has 0 saturated heterocycles. The Morgan fingerprint density at radius 3 is 2.35 bits per heavy atom. The summed E-state index contributed by atoms with van der Waals surface area (Å²) in [6, 6.07) is 17.1. The summed E-state index contributed by atoms with van der Waals surface area (Å²) in [6.07, 6.45) is 0.583. The van der Waals surface area contributed by atoms with Crippen LogP contribution < -0.4 is 0 Å². The van der Waals surface area contributed by atoms with Crippen LogP contribution in [0.15, 0.2) is 59.1 Å². The van der Waals surface area contributed by atoms with Crippen LogP contribution >= 0.6 is 15.9 Å². The second kappa shape index (κ2) is 6.38. The first-order valence-corrected chi connectivity index (χ1v) is 8.07. The van der Waals surface area contributed by atoms with E-state index in [0.29, 0.717) is 17.8 Å². The number of rotatable bonds is 4. The Morgan fingerprint density at radius 2 is 1.78 bits per heavy atom. The molecule has 0 saturated carbocycles. The van der Waals surface area contributed by atoms with Crippen molar-refractivity contribution in [1.82, 2.24) is 9.78 Å². The van der Waals surface area contributed by atoms with E-state index in [4.69, 9.17) is 0 Å². The quantitative estimate of drug-likeness (QED) is 0.731. The van der Waals surface area contributed by atoms with Crippen LogP contribution in [0.3, 0.4) is 0 Å². The van der Waals surface area contributed by atoms with Crippen molar-refractivity contribution in [3.63, 3.8) is 0 Å². The number of benzene rings is 2. The molecule has 5 heteroatoms. The molecule has 0 bridgehead atoms. The van der Waals surface area contributed by atoms with E-state index in [9.17, 15) is 9.90 Å². The molecule has 0 fully saturated rings. The molecule has 1 aromatic heterocycles. The zero-order valence-corrected chi connectivity index (χ0v) is 14.1. The molecule has 23 heavy (non-hydrogen) atoms. The van der Waals surface area contributed by atoms with Crippen LogP contribution in [0.2, 0.25) is 0 Å². The molecule has 2 aromatic carbocycles. The number of aromatic carboxylic acids is 1. The number of nitrogens with zero attached hydrogens (tertiary/aromatic N) is 2. The minimum absolute atomic E-state index is 0.263. The second-order valence-corrected chi connectivity index (χ2v) is 6.00. The molecule has 0 aliphatic rings. The minimum atomic E-state index is -0.957. The molecule has 0 aliphatic heterocycles. The Labute approximate surface area is 142 Å². The Morgan fingerprint density at radius 1 is 1.13 bits per heavy atom. The molecule has 4 nitrogen and oxygen atoms in total. The standard InChI is InChI=1S/C18H15BrN2O2/c1-2-15-16(18(22)23)17(12-8-10-13(19)11-9-12)20-21(15)14-6-4-3-5-7-14/h3-11H,2H2,1H3,(H,22,23). The largest absolute Gasteiger partial charge is 0.478 e. The van der Waals surface area contributed by atoms with Crippen LogP contribution in [0.1, 0.15) is 23.0 Å². The SMILES string of the molecule is CCc1c(C(=O)O)c(-c2ccc(Br)cc2)nn1-c1ccccc1. The maximum Gasteiger partial charge on any atom is 0.339 e. The van der Waals surface area contributed by atoms with E-state index in [2.05, 4.69) is 21.0 Å². The summed E-state index contributed by atoms with van der Waals surface area (Å²) in [7, 11) is 0. The van der Waals surface area contributed by atoms with Gasteiger partial charge in [0.15, 0.2) is 0 Å². The van der Waals surface area contributed by atoms with Crippen molar-refractivity contribution in [2.45, 2.75) is 13.3 Å². The van der Waals surface area contributed by atoms with Crippen LogP contribution in [-0.4, -0.2) is 20.9 Å². The van der Waals surface area contributed by atoms with Crippen LogP contribution in [-0.2, 0) is 6.42 Å². The van der Waals surface area contributed by atoms with Gasteiger partial charge in [0, 0.05) is 10.0 Å². The topological polar surface area (TPSA) is 55.1 Å². The summed E-state index contributed by atoms with van der Waals surface area (Å²) < 4.78 is 2.66. The van der Waals surface area contributed by atoms with Gasteiger partial charge in [-0.1, -0.05) is 53.2 Å². The van der Waals surface area contributed by atoms with Gasteiger partial charge in [0.1, 0.15) is 11.3 Å². The van der Waals surface area contributed by atoms with Crippen molar-refractivity contribution in [3.8, 4) is 16.9 Å². The number of carboxylic acids is 1. The lowest BCUT2D eigenvalue weighted by Gasteiger charge is -2.05. The first-order valence-electron chi connectivity index (χ1n) is 7.28. The molecule has 3 rings (SSSR count). The van der Waals surface area contributed by atoms with Crippen LogP contribution in [0.4, 0.5) is 0 Å². The normalized spacial score (nSPS) is 10.7. The summed E-state index contributed by atoms with van der Waals surface area (Å²) in [5.41, 5.74) is 3.09. The first kappa shape index (κ1) is 15.5.